The number of thiocarbonyl (C=S) groups is 1. The van der Waals surface area contributed by atoms with E-state index in [1.54, 1.807) is 13.1 Å². The predicted octanol–water partition coefficient (Wildman–Crippen LogP) is 1.45. The number of hydrogen-bond acceptors (Lipinski definition) is 3. The Kier molecular flexibility index (Phi) is 3.57. The molecule has 3 N–H and O–H groups in total. The van der Waals surface area contributed by atoms with Crippen LogP contribution in [0.3, 0.4) is 0 Å². The number of carbonyl (C=O) groups is 1. The predicted molar refractivity (Wildman–Crippen MR) is 73.4 cm³/mol. The molecule has 1 heterocycles. The van der Waals surface area contributed by atoms with Gasteiger partial charge in [0.25, 0.3) is 5.91 Å². The molecule has 0 bridgehead atoms. The molecule has 98 valence electrons. The minimum absolute atomic E-state index is 0.0638. The number of amides is 1. The number of aryl methyl sites for hydroxylation is 1. The number of benzene rings is 1. The lowest BCUT2D eigenvalue weighted by Gasteiger charge is -2.06. The number of nitrogens with one attached hydrogen (secondary N) is 1. The SMILES string of the molecule is Cn1cc(C(=O)Nc2ccc(C(N)=S)cc2F)cn1. The molecule has 5 nitrogen and oxygen atoms in total. The van der Waals surface area contributed by atoms with Crippen LogP contribution in [-0.4, -0.2) is 20.7 Å². The minimum Gasteiger partial charge on any atom is -0.389 e. The van der Waals surface area contributed by atoms with E-state index in [-0.39, 0.29) is 10.7 Å². The third kappa shape index (κ3) is 2.94. The van der Waals surface area contributed by atoms with E-state index in [2.05, 4.69) is 10.4 Å². The van der Waals surface area contributed by atoms with Gasteiger partial charge in [-0.15, -0.1) is 0 Å². The Bertz CT molecular complexity index is 653. The van der Waals surface area contributed by atoms with E-state index >= 15 is 0 Å². The van der Waals surface area contributed by atoms with Crippen LogP contribution in [-0.2, 0) is 7.05 Å². The summed E-state index contributed by atoms with van der Waals surface area (Å²) in [4.78, 5) is 11.9. The van der Waals surface area contributed by atoms with Crippen molar-refractivity contribution >= 4 is 28.8 Å². The molecule has 0 aliphatic rings. The number of nitrogens with zero attached hydrogens (tertiary/aromatic N) is 2. The maximum Gasteiger partial charge on any atom is 0.258 e. The lowest BCUT2D eigenvalue weighted by atomic mass is 10.2. The molecule has 0 saturated heterocycles. The third-order valence-corrected chi connectivity index (χ3v) is 2.70. The monoisotopic (exact) mass is 278 g/mol. The first kappa shape index (κ1) is 13.2. The molecule has 0 aliphatic carbocycles. The van der Waals surface area contributed by atoms with Gasteiger partial charge in [-0.2, -0.15) is 5.10 Å². The second-order valence-electron chi connectivity index (χ2n) is 3.92. The largest absolute Gasteiger partial charge is 0.389 e. The number of rotatable bonds is 3. The lowest BCUT2D eigenvalue weighted by Crippen LogP contribution is -2.14. The van der Waals surface area contributed by atoms with Gasteiger partial charge < -0.3 is 11.1 Å². The number of carbonyl (C=O) groups excluding carboxylic acids is 1. The summed E-state index contributed by atoms with van der Waals surface area (Å²) in [7, 11) is 1.69. The number of halogens is 1. The fourth-order valence-electron chi connectivity index (χ4n) is 1.50. The number of nitrogens with two attached hydrogens (primary N) is 1. The van der Waals surface area contributed by atoms with Gasteiger partial charge in [0, 0.05) is 18.8 Å². The van der Waals surface area contributed by atoms with Gasteiger partial charge in [-0.05, 0) is 18.2 Å². The van der Waals surface area contributed by atoms with E-state index in [1.807, 2.05) is 0 Å². The van der Waals surface area contributed by atoms with Crippen molar-refractivity contribution in [1.29, 1.82) is 0 Å². The average Bonchev–Trinajstić information content (AvgIpc) is 2.78. The van der Waals surface area contributed by atoms with Gasteiger partial charge in [-0.25, -0.2) is 4.39 Å². The number of aromatic nitrogens is 2. The second kappa shape index (κ2) is 5.15. The number of hydrogen-bond donors (Lipinski definition) is 2. The lowest BCUT2D eigenvalue weighted by molar-refractivity contribution is 0.102. The maximum absolute atomic E-state index is 13.7. The molecular weight excluding hydrogens is 267 g/mol. The molecule has 0 radical (unpaired) electrons. The summed E-state index contributed by atoms with van der Waals surface area (Å²) in [6.07, 6.45) is 2.94. The highest BCUT2D eigenvalue weighted by molar-refractivity contribution is 7.80. The van der Waals surface area contributed by atoms with Gasteiger partial charge in [-0.1, -0.05) is 12.2 Å². The van der Waals surface area contributed by atoms with Crippen LogP contribution in [0.4, 0.5) is 10.1 Å². The van der Waals surface area contributed by atoms with E-state index < -0.39 is 11.7 Å². The van der Waals surface area contributed by atoms with Gasteiger partial charge in [0.05, 0.1) is 17.4 Å². The molecule has 1 aromatic carbocycles. The highest BCUT2D eigenvalue weighted by atomic mass is 32.1. The molecule has 1 amide bonds. The third-order valence-electron chi connectivity index (χ3n) is 2.47. The highest BCUT2D eigenvalue weighted by Gasteiger charge is 2.11. The molecule has 0 unspecified atom stereocenters. The van der Waals surface area contributed by atoms with Crippen LogP contribution in [0.1, 0.15) is 15.9 Å². The van der Waals surface area contributed by atoms with E-state index in [0.717, 1.165) is 0 Å². The summed E-state index contributed by atoms with van der Waals surface area (Å²) in [5.74, 6) is -1.03. The molecule has 2 aromatic rings. The van der Waals surface area contributed by atoms with Crippen LogP contribution in [0.25, 0.3) is 0 Å². The Morgan fingerprint density at radius 3 is 2.74 bits per heavy atom. The maximum atomic E-state index is 13.7. The van der Waals surface area contributed by atoms with Crippen LogP contribution in [0, 0.1) is 5.82 Å². The van der Waals surface area contributed by atoms with Gasteiger partial charge in [0.1, 0.15) is 10.8 Å². The standard InChI is InChI=1S/C12H11FN4OS/c1-17-6-8(5-15-17)12(18)16-10-3-2-7(11(14)19)4-9(10)13/h2-6H,1H3,(H2,14,19)(H,16,18). The van der Waals surface area contributed by atoms with Gasteiger partial charge in [0.2, 0.25) is 0 Å². The topological polar surface area (TPSA) is 72.9 Å². The van der Waals surface area contributed by atoms with Crippen LogP contribution in [0.5, 0.6) is 0 Å². The van der Waals surface area contributed by atoms with E-state index in [4.69, 9.17) is 18.0 Å². The van der Waals surface area contributed by atoms with E-state index in [1.165, 1.54) is 29.2 Å². The molecule has 0 aliphatic heterocycles. The molecular formula is C12H11FN4OS. The van der Waals surface area contributed by atoms with Crippen molar-refractivity contribution in [3.63, 3.8) is 0 Å². The first-order valence-corrected chi connectivity index (χ1v) is 5.77. The fourth-order valence-corrected chi connectivity index (χ4v) is 1.63. The Labute approximate surface area is 114 Å². The zero-order chi connectivity index (χ0) is 14.0. The van der Waals surface area contributed by atoms with E-state index in [0.29, 0.717) is 11.1 Å². The van der Waals surface area contributed by atoms with Gasteiger partial charge >= 0.3 is 0 Å². The number of anilines is 1. The second-order valence-corrected chi connectivity index (χ2v) is 4.36. The summed E-state index contributed by atoms with van der Waals surface area (Å²) in [6, 6.07) is 4.14. The average molecular weight is 278 g/mol. The van der Waals surface area contributed by atoms with E-state index in [9.17, 15) is 9.18 Å². The van der Waals surface area contributed by atoms with Crippen molar-refractivity contribution in [2.24, 2.45) is 12.8 Å². The van der Waals surface area contributed by atoms with Crippen LogP contribution < -0.4 is 11.1 Å². The molecule has 0 atom stereocenters. The summed E-state index contributed by atoms with van der Waals surface area (Å²) in [5, 5.41) is 6.32. The smallest absolute Gasteiger partial charge is 0.258 e. The van der Waals surface area contributed by atoms with Crippen molar-refractivity contribution < 1.29 is 9.18 Å². The Morgan fingerprint density at radius 1 is 1.47 bits per heavy atom. The van der Waals surface area contributed by atoms with Crippen LogP contribution in [0.15, 0.2) is 30.6 Å². The first-order chi connectivity index (χ1) is 8.97. The van der Waals surface area contributed by atoms with Gasteiger partial charge in [-0.3, -0.25) is 9.48 Å². The molecule has 2 rings (SSSR count). The van der Waals surface area contributed by atoms with Crippen LogP contribution >= 0.6 is 12.2 Å². The van der Waals surface area contributed by atoms with Gasteiger partial charge in [0.15, 0.2) is 0 Å². The van der Waals surface area contributed by atoms with Crippen molar-refractivity contribution in [1.82, 2.24) is 9.78 Å². The van der Waals surface area contributed by atoms with Crippen molar-refractivity contribution in [2.75, 3.05) is 5.32 Å². The Balaban J connectivity index is 2.20. The summed E-state index contributed by atoms with van der Waals surface area (Å²) < 4.78 is 15.2. The molecule has 7 heteroatoms. The summed E-state index contributed by atoms with van der Waals surface area (Å²) in [6.45, 7) is 0. The fraction of sp³-hybridized carbons (Fsp3) is 0.0833. The quantitative estimate of drug-likeness (QED) is 0.833. The van der Waals surface area contributed by atoms with Crippen LogP contribution in [0.2, 0.25) is 0 Å². The summed E-state index contributed by atoms with van der Waals surface area (Å²) >= 11 is 4.74. The molecule has 0 spiro atoms. The first-order valence-electron chi connectivity index (χ1n) is 5.36. The highest BCUT2D eigenvalue weighted by Crippen LogP contribution is 2.16. The molecule has 1 aromatic heterocycles. The normalized spacial score (nSPS) is 10.2. The molecule has 0 fully saturated rings. The zero-order valence-electron chi connectivity index (χ0n) is 10.1. The molecule has 19 heavy (non-hydrogen) atoms. The summed E-state index contributed by atoms with van der Waals surface area (Å²) in [5.41, 5.74) is 6.21. The van der Waals surface area contributed by atoms with Crippen molar-refractivity contribution in [3.05, 3.63) is 47.5 Å². The Hall–Kier alpha value is -2.28. The van der Waals surface area contributed by atoms with Crippen molar-refractivity contribution in [2.45, 2.75) is 0 Å². The van der Waals surface area contributed by atoms with Crippen molar-refractivity contribution in [3.8, 4) is 0 Å². The Morgan fingerprint density at radius 2 is 2.21 bits per heavy atom. The minimum atomic E-state index is -0.595. The zero-order valence-corrected chi connectivity index (χ0v) is 10.9. The molecule has 0 saturated carbocycles.